The van der Waals surface area contributed by atoms with Gasteiger partial charge in [-0.2, -0.15) is 9.90 Å². The topological polar surface area (TPSA) is 88.3 Å². The molecule has 0 radical (unpaired) electrons. The van der Waals surface area contributed by atoms with Crippen molar-refractivity contribution in [2.75, 3.05) is 18.0 Å². The molecule has 0 aliphatic carbocycles. The highest BCUT2D eigenvalue weighted by Gasteiger charge is 2.16. The minimum Gasteiger partial charge on any atom is -0.369 e. The molecule has 4 rings (SSSR count). The third-order valence-electron chi connectivity index (χ3n) is 4.93. The van der Waals surface area contributed by atoms with Crippen LogP contribution in [0.3, 0.4) is 0 Å². The van der Waals surface area contributed by atoms with E-state index in [0.717, 1.165) is 31.5 Å². The summed E-state index contributed by atoms with van der Waals surface area (Å²) in [6, 6.07) is 14.4. The van der Waals surface area contributed by atoms with Gasteiger partial charge >= 0.3 is 0 Å². The predicted octanol–water partition coefficient (Wildman–Crippen LogP) is 2.62. The van der Waals surface area contributed by atoms with Gasteiger partial charge in [-0.3, -0.25) is 4.79 Å². The van der Waals surface area contributed by atoms with Crippen LogP contribution in [0.25, 0.3) is 11.4 Å². The van der Waals surface area contributed by atoms with Crippen molar-refractivity contribution >= 4 is 17.3 Å². The number of hydrazone groups is 1. The molecule has 1 fully saturated rings. The Morgan fingerprint density at radius 2 is 1.93 bits per heavy atom. The van der Waals surface area contributed by atoms with Gasteiger partial charge in [0.25, 0.3) is 5.91 Å². The molecule has 1 N–H and O–H groups in total. The Balaban J connectivity index is 1.37. The molecular weight excluding hydrogens is 385 g/mol. The Hall–Kier alpha value is -3.62. The van der Waals surface area contributed by atoms with E-state index in [1.54, 1.807) is 13.0 Å². The van der Waals surface area contributed by atoms with Gasteiger partial charge in [-0.1, -0.05) is 36.4 Å². The second-order valence-corrected chi connectivity index (χ2v) is 7.10. The summed E-state index contributed by atoms with van der Waals surface area (Å²) in [7, 11) is 0. The molecule has 154 valence electrons. The monoisotopic (exact) mass is 407 g/mol. The highest BCUT2D eigenvalue weighted by atomic mass is 19.1. The van der Waals surface area contributed by atoms with Crippen molar-refractivity contribution in [1.82, 2.24) is 25.6 Å². The second-order valence-electron chi connectivity index (χ2n) is 7.10. The standard InChI is InChI=1S/C21H22FN7O/c1-15(17-9-10-19(18(22)13-17)28-11-5-6-12-28)23-24-20(30)14-29-26-21(25-27-29)16-7-3-2-4-8-16/h2-4,7-10,13H,5-6,11-12,14H2,1H3,(H,24,30)/b23-15-. The highest BCUT2D eigenvalue weighted by Crippen LogP contribution is 2.24. The van der Waals surface area contributed by atoms with Crippen LogP contribution >= 0.6 is 0 Å². The van der Waals surface area contributed by atoms with Crippen LogP contribution in [0, 0.1) is 5.82 Å². The summed E-state index contributed by atoms with van der Waals surface area (Å²) < 4.78 is 14.5. The van der Waals surface area contributed by atoms with Gasteiger partial charge in [0.1, 0.15) is 12.4 Å². The second kappa shape index (κ2) is 8.81. The third-order valence-corrected chi connectivity index (χ3v) is 4.93. The molecule has 1 amide bonds. The average molecular weight is 407 g/mol. The first-order chi connectivity index (χ1) is 14.6. The number of carbonyl (C=O) groups is 1. The van der Waals surface area contributed by atoms with Crippen molar-refractivity contribution in [3.05, 3.63) is 59.9 Å². The Labute approximate surface area is 173 Å². The Morgan fingerprint density at radius 3 is 2.67 bits per heavy atom. The number of nitrogens with zero attached hydrogens (tertiary/aromatic N) is 6. The maximum absolute atomic E-state index is 14.5. The first-order valence-corrected chi connectivity index (χ1v) is 9.81. The molecule has 3 aromatic rings. The van der Waals surface area contributed by atoms with Crippen LogP contribution in [-0.2, 0) is 11.3 Å². The summed E-state index contributed by atoms with van der Waals surface area (Å²) in [5.41, 5.74) is 5.00. The van der Waals surface area contributed by atoms with Gasteiger partial charge in [-0.25, -0.2) is 9.82 Å². The van der Waals surface area contributed by atoms with Crippen LogP contribution in [0.4, 0.5) is 10.1 Å². The maximum atomic E-state index is 14.5. The molecule has 0 unspecified atom stereocenters. The fourth-order valence-electron chi connectivity index (χ4n) is 3.33. The van der Waals surface area contributed by atoms with E-state index in [1.165, 1.54) is 10.9 Å². The summed E-state index contributed by atoms with van der Waals surface area (Å²) in [5.74, 6) is -0.243. The van der Waals surface area contributed by atoms with Gasteiger partial charge in [0.2, 0.25) is 5.82 Å². The zero-order valence-corrected chi connectivity index (χ0v) is 16.6. The SMILES string of the molecule is C/C(=N/NC(=O)Cn1nnc(-c2ccccc2)n1)c1ccc(N2CCCC2)c(F)c1. The van der Waals surface area contributed by atoms with Crippen LogP contribution < -0.4 is 10.3 Å². The van der Waals surface area contributed by atoms with Crippen LogP contribution in [-0.4, -0.2) is 44.9 Å². The third kappa shape index (κ3) is 4.51. The van der Waals surface area contributed by atoms with E-state index in [1.807, 2.05) is 41.3 Å². The molecule has 0 saturated carbocycles. The van der Waals surface area contributed by atoms with Crippen LogP contribution in [0.2, 0.25) is 0 Å². The van der Waals surface area contributed by atoms with E-state index < -0.39 is 5.91 Å². The van der Waals surface area contributed by atoms with Crippen molar-refractivity contribution < 1.29 is 9.18 Å². The fraction of sp³-hybridized carbons (Fsp3) is 0.286. The quantitative estimate of drug-likeness (QED) is 0.501. The maximum Gasteiger partial charge on any atom is 0.263 e. The largest absolute Gasteiger partial charge is 0.369 e. The molecule has 9 heteroatoms. The van der Waals surface area contributed by atoms with Gasteiger partial charge in [-0.05, 0) is 37.1 Å². The van der Waals surface area contributed by atoms with Gasteiger partial charge in [0.05, 0.1) is 11.4 Å². The number of anilines is 1. The fourth-order valence-corrected chi connectivity index (χ4v) is 3.33. The van der Waals surface area contributed by atoms with Crippen LogP contribution in [0.15, 0.2) is 53.6 Å². The van der Waals surface area contributed by atoms with E-state index in [4.69, 9.17) is 0 Å². The van der Waals surface area contributed by atoms with Gasteiger partial charge in [0.15, 0.2) is 0 Å². The lowest BCUT2D eigenvalue weighted by Gasteiger charge is -2.18. The zero-order valence-electron chi connectivity index (χ0n) is 16.6. The number of benzene rings is 2. The Kier molecular flexibility index (Phi) is 5.78. The summed E-state index contributed by atoms with van der Waals surface area (Å²) in [4.78, 5) is 15.4. The molecule has 1 aliphatic rings. The number of tetrazole rings is 1. The van der Waals surface area contributed by atoms with E-state index in [9.17, 15) is 9.18 Å². The molecule has 0 atom stereocenters. The highest BCUT2D eigenvalue weighted by molar-refractivity contribution is 5.99. The average Bonchev–Trinajstić information content (AvgIpc) is 3.45. The Bertz CT molecular complexity index is 1060. The van der Waals surface area contributed by atoms with Gasteiger partial charge in [-0.15, -0.1) is 10.2 Å². The molecule has 1 aliphatic heterocycles. The lowest BCUT2D eigenvalue weighted by Crippen LogP contribution is -2.25. The number of hydrogen-bond donors (Lipinski definition) is 1. The lowest BCUT2D eigenvalue weighted by atomic mass is 10.1. The lowest BCUT2D eigenvalue weighted by molar-refractivity contribution is -0.122. The minimum atomic E-state index is -0.402. The molecule has 0 bridgehead atoms. The minimum absolute atomic E-state index is 0.126. The number of nitrogens with one attached hydrogen (secondary N) is 1. The van der Waals surface area contributed by atoms with Crippen LogP contribution in [0.1, 0.15) is 25.3 Å². The van der Waals surface area contributed by atoms with E-state index in [0.29, 0.717) is 22.8 Å². The summed E-state index contributed by atoms with van der Waals surface area (Å²) in [6.07, 6.45) is 2.17. The van der Waals surface area contributed by atoms with Crippen molar-refractivity contribution in [2.45, 2.75) is 26.3 Å². The van der Waals surface area contributed by atoms with Crippen LogP contribution in [0.5, 0.6) is 0 Å². The molecule has 2 heterocycles. The number of hydrogen-bond acceptors (Lipinski definition) is 6. The first-order valence-electron chi connectivity index (χ1n) is 9.81. The van der Waals surface area contributed by atoms with Crippen molar-refractivity contribution in [2.24, 2.45) is 5.10 Å². The number of amides is 1. The summed E-state index contributed by atoms with van der Waals surface area (Å²) in [6.45, 7) is 3.34. The van der Waals surface area contributed by atoms with Gasteiger partial charge < -0.3 is 4.90 Å². The van der Waals surface area contributed by atoms with Gasteiger partial charge in [0, 0.05) is 24.2 Å². The first kappa shape index (κ1) is 19.7. The molecule has 1 aromatic heterocycles. The molecule has 30 heavy (non-hydrogen) atoms. The van der Waals surface area contributed by atoms with E-state index in [-0.39, 0.29) is 12.4 Å². The molecule has 0 spiro atoms. The van der Waals surface area contributed by atoms with Crippen molar-refractivity contribution in [3.63, 3.8) is 0 Å². The number of halogens is 1. The molecule has 2 aromatic carbocycles. The van der Waals surface area contributed by atoms with E-state index in [2.05, 4.69) is 25.9 Å². The van der Waals surface area contributed by atoms with Crippen molar-refractivity contribution in [3.8, 4) is 11.4 Å². The molecule has 1 saturated heterocycles. The summed E-state index contributed by atoms with van der Waals surface area (Å²) in [5, 5.41) is 16.1. The molecular formula is C21H22FN7O. The normalized spacial score (nSPS) is 14.2. The number of carbonyl (C=O) groups excluding carboxylic acids is 1. The number of rotatable bonds is 6. The molecule has 8 nitrogen and oxygen atoms in total. The number of aromatic nitrogens is 4. The summed E-state index contributed by atoms with van der Waals surface area (Å²) >= 11 is 0. The van der Waals surface area contributed by atoms with E-state index >= 15 is 0 Å². The van der Waals surface area contributed by atoms with Crippen molar-refractivity contribution in [1.29, 1.82) is 0 Å². The Morgan fingerprint density at radius 1 is 1.17 bits per heavy atom. The smallest absolute Gasteiger partial charge is 0.263 e. The predicted molar refractivity (Wildman–Crippen MR) is 111 cm³/mol. The zero-order chi connectivity index (χ0) is 20.9.